The van der Waals surface area contributed by atoms with Gasteiger partial charge in [0, 0.05) is 7.11 Å². The first kappa shape index (κ1) is 17.4. The van der Waals surface area contributed by atoms with E-state index in [2.05, 4.69) is 6.92 Å². The number of hydrogen-bond acceptors (Lipinski definition) is 4. The van der Waals surface area contributed by atoms with Crippen LogP contribution >= 0.6 is 0 Å². The van der Waals surface area contributed by atoms with Crippen LogP contribution in [0.4, 0.5) is 0 Å². The van der Waals surface area contributed by atoms with Crippen molar-refractivity contribution in [2.75, 3.05) is 20.5 Å². The zero-order valence-corrected chi connectivity index (χ0v) is 12.7. The van der Waals surface area contributed by atoms with Crippen LogP contribution in [0, 0.1) is 5.92 Å². The summed E-state index contributed by atoms with van der Waals surface area (Å²) in [7, 11) is 1.66. The Balaban J connectivity index is 2.30. The smallest absolute Gasteiger partial charge is 0.309 e. The zero-order valence-electron chi connectivity index (χ0n) is 12.7. The fourth-order valence-corrected chi connectivity index (χ4v) is 2.63. The number of ether oxygens (including phenoxy) is 3. The van der Waals surface area contributed by atoms with Crippen LogP contribution in [-0.4, -0.2) is 43.8 Å². The van der Waals surface area contributed by atoms with Crippen LogP contribution in [0.2, 0.25) is 0 Å². The minimum Gasteiger partial charge on any atom is -0.481 e. The van der Waals surface area contributed by atoms with E-state index in [0.29, 0.717) is 13.0 Å². The van der Waals surface area contributed by atoms with Crippen molar-refractivity contribution in [3.05, 3.63) is 0 Å². The molecule has 0 aromatic rings. The van der Waals surface area contributed by atoms with Gasteiger partial charge in [-0.3, -0.25) is 4.79 Å². The minimum absolute atomic E-state index is 0.0341. The third-order valence-corrected chi connectivity index (χ3v) is 3.84. The first-order valence-electron chi connectivity index (χ1n) is 7.64. The fraction of sp³-hybridized carbons (Fsp3) is 0.933. The van der Waals surface area contributed by atoms with Gasteiger partial charge in [-0.05, 0) is 19.3 Å². The van der Waals surface area contributed by atoms with E-state index >= 15 is 0 Å². The minimum atomic E-state index is -0.755. The largest absolute Gasteiger partial charge is 0.481 e. The summed E-state index contributed by atoms with van der Waals surface area (Å²) < 4.78 is 16.5. The highest BCUT2D eigenvalue weighted by Gasteiger charge is 2.31. The second-order valence-corrected chi connectivity index (χ2v) is 5.44. The summed E-state index contributed by atoms with van der Waals surface area (Å²) in [6.45, 7) is 2.85. The molecule has 1 rings (SSSR count). The summed E-state index contributed by atoms with van der Waals surface area (Å²) in [5.74, 6) is -1.14. The van der Waals surface area contributed by atoms with Gasteiger partial charge in [-0.1, -0.05) is 32.6 Å². The molecule has 118 valence electrons. The van der Waals surface area contributed by atoms with E-state index in [1.54, 1.807) is 7.11 Å². The van der Waals surface area contributed by atoms with Crippen LogP contribution in [-0.2, 0) is 19.0 Å². The van der Waals surface area contributed by atoms with Crippen LogP contribution in [0.25, 0.3) is 0 Å². The van der Waals surface area contributed by atoms with E-state index in [-0.39, 0.29) is 24.9 Å². The molecule has 0 saturated heterocycles. The predicted octanol–water partition coefficient (Wildman–Crippen LogP) is 2.83. The van der Waals surface area contributed by atoms with Crippen molar-refractivity contribution in [2.45, 2.75) is 64.1 Å². The quantitative estimate of drug-likeness (QED) is 0.626. The lowest BCUT2D eigenvalue weighted by atomic mass is 9.86. The van der Waals surface area contributed by atoms with E-state index < -0.39 is 5.97 Å². The monoisotopic (exact) mass is 288 g/mol. The Morgan fingerprint density at radius 2 is 2.10 bits per heavy atom. The Morgan fingerprint density at radius 1 is 1.35 bits per heavy atom. The molecule has 1 aliphatic rings. The Hall–Kier alpha value is -0.650. The summed E-state index contributed by atoms with van der Waals surface area (Å²) in [4.78, 5) is 11.2. The SMILES string of the molecule is CCCCC(COC)OCOC1CCCCC1C(=O)O. The van der Waals surface area contributed by atoms with Crippen LogP contribution in [0.15, 0.2) is 0 Å². The highest BCUT2D eigenvalue weighted by atomic mass is 16.7. The Bertz CT molecular complexity index is 269. The molecule has 5 nitrogen and oxygen atoms in total. The van der Waals surface area contributed by atoms with E-state index in [4.69, 9.17) is 14.2 Å². The third kappa shape index (κ3) is 6.20. The first-order chi connectivity index (χ1) is 9.69. The van der Waals surface area contributed by atoms with E-state index in [9.17, 15) is 9.90 Å². The average molecular weight is 288 g/mol. The van der Waals surface area contributed by atoms with Crippen LogP contribution < -0.4 is 0 Å². The Labute approximate surface area is 121 Å². The first-order valence-corrected chi connectivity index (χ1v) is 7.64. The normalized spacial score (nSPS) is 24.5. The lowest BCUT2D eigenvalue weighted by Crippen LogP contribution is -2.35. The maximum atomic E-state index is 11.2. The highest BCUT2D eigenvalue weighted by molar-refractivity contribution is 5.70. The van der Waals surface area contributed by atoms with Crippen molar-refractivity contribution in [3.8, 4) is 0 Å². The van der Waals surface area contributed by atoms with E-state index in [0.717, 1.165) is 38.5 Å². The van der Waals surface area contributed by atoms with Crippen molar-refractivity contribution in [2.24, 2.45) is 5.92 Å². The molecule has 20 heavy (non-hydrogen) atoms. The van der Waals surface area contributed by atoms with Gasteiger partial charge in [-0.15, -0.1) is 0 Å². The van der Waals surface area contributed by atoms with Gasteiger partial charge >= 0.3 is 5.97 Å². The van der Waals surface area contributed by atoms with Gasteiger partial charge in [0.25, 0.3) is 0 Å². The molecular weight excluding hydrogens is 260 g/mol. The van der Waals surface area contributed by atoms with E-state index in [1.165, 1.54) is 0 Å². The Morgan fingerprint density at radius 3 is 2.75 bits per heavy atom. The van der Waals surface area contributed by atoms with Crippen LogP contribution in [0.5, 0.6) is 0 Å². The molecule has 0 bridgehead atoms. The van der Waals surface area contributed by atoms with Gasteiger partial charge in [0.05, 0.1) is 24.7 Å². The molecule has 0 heterocycles. The van der Waals surface area contributed by atoms with Crippen molar-refractivity contribution < 1.29 is 24.1 Å². The maximum absolute atomic E-state index is 11.2. The van der Waals surface area contributed by atoms with Gasteiger partial charge < -0.3 is 19.3 Å². The van der Waals surface area contributed by atoms with Crippen molar-refractivity contribution in [1.82, 2.24) is 0 Å². The lowest BCUT2D eigenvalue weighted by Gasteiger charge is -2.29. The molecule has 3 unspecified atom stereocenters. The second-order valence-electron chi connectivity index (χ2n) is 5.44. The number of carbonyl (C=O) groups is 1. The molecule has 1 saturated carbocycles. The number of unbranched alkanes of at least 4 members (excludes halogenated alkanes) is 1. The summed E-state index contributed by atoms with van der Waals surface area (Å²) in [5, 5.41) is 9.18. The number of aliphatic carboxylic acids is 1. The molecule has 1 fully saturated rings. The van der Waals surface area contributed by atoms with E-state index in [1.807, 2.05) is 0 Å². The molecule has 5 heteroatoms. The number of methoxy groups -OCH3 is 1. The zero-order chi connectivity index (χ0) is 14.8. The molecule has 0 aromatic heterocycles. The number of carboxylic acids is 1. The topological polar surface area (TPSA) is 65.0 Å². The second kappa shape index (κ2) is 10.1. The molecule has 0 aliphatic heterocycles. The standard InChI is InChI=1S/C15H28O5/c1-3-4-7-12(10-18-2)19-11-20-14-9-6-5-8-13(14)15(16)17/h12-14H,3-11H2,1-2H3,(H,16,17). The maximum Gasteiger partial charge on any atom is 0.309 e. The molecule has 1 N–H and O–H groups in total. The number of rotatable bonds is 10. The number of hydrogen-bond donors (Lipinski definition) is 1. The van der Waals surface area contributed by atoms with Gasteiger partial charge in [0.2, 0.25) is 0 Å². The molecule has 3 atom stereocenters. The lowest BCUT2D eigenvalue weighted by molar-refractivity contribution is -0.168. The molecule has 0 radical (unpaired) electrons. The third-order valence-electron chi connectivity index (χ3n) is 3.84. The van der Waals surface area contributed by atoms with Gasteiger partial charge in [0.15, 0.2) is 0 Å². The van der Waals surface area contributed by atoms with Crippen molar-refractivity contribution >= 4 is 5.97 Å². The molecule has 0 aromatic carbocycles. The van der Waals surface area contributed by atoms with Crippen molar-refractivity contribution in [1.29, 1.82) is 0 Å². The summed E-state index contributed by atoms with van der Waals surface area (Å²) >= 11 is 0. The highest BCUT2D eigenvalue weighted by Crippen LogP contribution is 2.27. The summed E-state index contributed by atoms with van der Waals surface area (Å²) in [6, 6.07) is 0. The van der Waals surface area contributed by atoms with Crippen LogP contribution in [0.3, 0.4) is 0 Å². The predicted molar refractivity (Wildman–Crippen MR) is 75.6 cm³/mol. The summed E-state index contributed by atoms with van der Waals surface area (Å²) in [6.07, 6.45) is 6.50. The van der Waals surface area contributed by atoms with Gasteiger partial charge in [-0.2, -0.15) is 0 Å². The average Bonchev–Trinajstić information content (AvgIpc) is 2.45. The summed E-state index contributed by atoms with van der Waals surface area (Å²) in [5.41, 5.74) is 0. The van der Waals surface area contributed by atoms with Crippen LogP contribution in [0.1, 0.15) is 51.9 Å². The number of carboxylic acid groups (broad SMARTS) is 1. The molecule has 0 spiro atoms. The molecule has 1 aliphatic carbocycles. The van der Waals surface area contributed by atoms with Gasteiger partial charge in [0.1, 0.15) is 6.79 Å². The Kier molecular flexibility index (Phi) is 8.82. The van der Waals surface area contributed by atoms with Crippen molar-refractivity contribution in [3.63, 3.8) is 0 Å². The fourth-order valence-electron chi connectivity index (χ4n) is 2.63. The molecular formula is C15H28O5. The van der Waals surface area contributed by atoms with Gasteiger partial charge in [-0.25, -0.2) is 0 Å². The molecule has 0 amide bonds.